The molecule has 3 aliphatic rings. The highest BCUT2D eigenvalue weighted by Gasteiger charge is 2.74. The van der Waals surface area contributed by atoms with Crippen LogP contribution in [0, 0.1) is 17.8 Å². The van der Waals surface area contributed by atoms with Crippen LogP contribution in [0.15, 0.2) is 73.8 Å². The van der Waals surface area contributed by atoms with Crippen molar-refractivity contribution in [3.63, 3.8) is 0 Å². The fourth-order valence-electron chi connectivity index (χ4n) is 7.51. The monoisotopic (exact) mass is 647 g/mol. The molecule has 9 nitrogen and oxygen atoms in total. The second-order valence-electron chi connectivity index (χ2n) is 12.4. The van der Waals surface area contributed by atoms with Gasteiger partial charge in [-0.15, -0.1) is 24.9 Å². The number of methoxy groups -OCH3 is 1. The lowest BCUT2D eigenvalue weighted by molar-refractivity contribution is -0.142. The summed E-state index contributed by atoms with van der Waals surface area (Å²) in [6.07, 6.45) is 4.69. The minimum absolute atomic E-state index is 0.116. The van der Waals surface area contributed by atoms with Crippen molar-refractivity contribution in [2.45, 2.75) is 55.7 Å². The zero-order valence-corrected chi connectivity index (χ0v) is 27.9. The predicted octanol–water partition coefficient (Wildman–Crippen LogP) is 4.94. The van der Waals surface area contributed by atoms with E-state index < -0.39 is 28.7 Å². The maximum Gasteiger partial charge on any atom is 0.251 e. The molecular formula is C36H45N3O6S. The molecule has 3 saturated heterocycles. The standard InChI is InChI=1S/C36H45N3O6S/c1-7-20-37(24-12-16-27(17-13-24)45-9-3)33(41)30-29-18-19-36(46-29)31(30)34(42)39(28(22-40)23(4)5)32(36)35(43)38(21-8-2)25-10-14-26(44-6)15-11-25/h7-8,10-17,23,28-32,40H,1-2,9,18-22H2,3-6H3/t28-,29+,30-,31-,32?,36?/m0/s1. The highest BCUT2D eigenvalue weighted by molar-refractivity contribution is 8.02. The van der Waals surface area contributed by atoms with Gasteiger partial charge >= 0.3 is 0 Å². The average molecular weight is 648 g/mol. The van der Waals surface area contributed by atoms with Crippen molar-refractivity contribution in [3.05, 3.63) is 73.8 Å². The molecule has 3 amide bonds. The van der Waals surface area contributed by atoms with E-state index in [1.165, 1.54) is 0 Å². The summed E-state index contributed by atoms with van der Waals surface area (Å²) in [5.41, 5.74) is 1.35. The number of likely N-dealkylation sites (tertiary alicyclic amines) is 1. The van der Waals surface area contributed by atoms with E-state index in [4.69, 9.17) is 9.47 Å². The Morgan fingerprint density at radius 1 is 1.02 bits per heavy atom. The molecule has 2 bridgehead atoms. The molecule has 1 N–H and O–H groups in total. The molecule has 6 atom stereocenters. The number of nitrogens with zero attached hydrogens (tertiary/aromatic N) is 3. The molecule has 0 aliphatic carbocycles. The van der Waals surface area contributed by atoms with E-state index in [2.05, 4.69) is 13.2 Å². The first kappa shape index (κ1) is 33.6. The summed E-state index contributed by atoms with van der Waals surface area (Å²) in [6, 6.07) is 13.1. The fraction of sp³-hybridized carbons (Fsp3) is 0.472. The number of ether oxygens (including phenoxy) is 2. The first-order valence-electron chi connectivity index (χ1n) is 16.0. The van der Waals surface area contributed by atoms with Gasteiger partial charge in [0.1, 0.15) is 17.5 Å². The van der Waals surface area contributed by atoms with E-state index in [1.54, 1.807) is 57.9 Å². The number of thioether (sulfide) groups is 1. The molecule has 46 heavy (non-hydrogen) atoms. The number of aliphatic hydroxyl groups excluding tert-OH is 1. The van der Waals surface area contributed by atoms with Gasteiger partial charge in [-0.2, -0.15) is 0 Å². The number of carbonyl (C=O) groups excluding carboxylic acids is 3. The molecule has 3 fully saturated rings. The average Bonchev–Trinajstić information content (AvgIpc) is 3.70. The first-order chi connectivity index (χ1) is 22.2. The molecule has 0 saturated carbocycles. The normalized spacial score (nSPS) is 25.3. The molecular weight excluding hydrogens is 602 g/mol. The van der Waals surface area contributed by atoms with Gasteiger partial charge < -0.3 is 29.3 Å². The third kappa shape index (κ3) is 5.70. The molecule has 3 heterocycles. The number of fused-ring (bicyclic) bond motifs is 1. The van der Waals surface area contributed by atoms with Gasteiger partial charge in [0, 0.05) is 29.7 Å². The lowest BCUT2D eigenvalue weighted by Gasteiger charge is -2.40. The van der Waals surface area contributed by atoms with Gasteiger partial charge in [-0.3, -0.25) is 14.4 Å². The van der Waals surface area contributed by atoms with Crippen LogP contribution >= 0.6 is 11.8 Å². The Hall–Kier alpha value is -3.76. The van der Waals surface area contributed by atoms with Gasteiger partial charge in [0.15, 0.2) is 0 Å². The second-order valence-corrected chi connectivity index (χ2v) is 14.0. The maximum absolute atomic E-state index is 14.9. The van der Waals surface area contributed by atoms with Crippen molar-refractivity contribution in [1.29, 1.82) is 0 Å². The largest absolute Gasteiger partial charge is 0.497 e. The smallest absolute Gasteiger partial charge is 0.251 e. The molecule has 5 rings (SSSR count). The molecule has 2 aromatic rings. The summed E-state index contributed by atoms with van der Waals surface area (Å²) in [5, 5.41) is 10.5. The molecule has 3 aliphatic heterocycles. The van der Waals surface area contributed by atoms with Crippen LogP contribution in [0.5, 0.6) is 11.5 Å². The number of carbonyl (C=O) groups is 3. The molecule has 0 aromatic heterocycles. The van der Waals surface area contributed by atoms with Crippen LogP contribution in [-0.2, 0) is 14.4 Å². The van der Waals surface area contributed by atoms with Crippen molar-refractivity contribution in [3.8, 4) is 11.5 Å². The predicted molar refractivity (Wildman–Crippen MR) is 182 cm³/mol. The van der Waals surface area contributed by atoms with Crippen molar-refractivity contribution < 1.29 is 29.0 Å². The number of amides is 3. The Morgan fingerprint density at radius 3 is 2.09 bits per heavy atom. The van der Waals surface area contributed by atoms with Crippen LogP contribution in [0.3, 0.4) is 0 Å². The number of aliphatic hydroxyl groups is 1. The lowest BCUT2D eigenvalue weighted by atomic mass is 9.70. The zero-order chi connectivity index (χ0) is 33.2. The minimum Gasteiger partial charge on any atom is -0.497 e. The molecule has 2 aromatic carbocycles. The lowest BCUT2D eigenvalue weighted by Crippen LogP contribution is -2.58. The van der Waals surface area contributed by atoms with Gasteiger partial charge in [0.2, 0.25) is 11.8 Å². The Morgan fingerprint density at radius 2 is 1.59 bits per heavy atom. The van der Waals surface area contributed by atoms with E-state index in [0.717, 1.165) is 0 Å². The van der Waals surface area contributed by atoms with E-state index in [9.17, 15) is 19.5 Å². The topological polar surface area (TPSA) is 99.6 Å². The van der Waals surface area contributed by atoms with E-state index >= 15 is 0 Å². The number of hydrogen-bond donors (Lipinski definition) is 1. The summed E-state index contributed by atoms with van der Waals surface area (Å²) >= 11 is 1.62. The van der Waals surface area contributed by atoms with Crippen LogP contribution < -0.4 is 19.3 Å². The number of anilines is 2. The highest BCUT2D eigenvalue weighted by Crippen LogP contribution is 2.67. The number of hydrogen-bond acceptors (Lipinski definition) is 7. The quantitative estimate of drug-likeness (QED) is 0.290. The summed E-state index contributed by atoms with van der Waals surface area (Å²) in [6.45, 7) is 14.3. The SMILES string of the molecule is C=CCN(C(=O)C1N([C@@H](CO)C(C)C)C(=O)[C@@H]2[C@@H](C(=O)N(CC=C)c3ccc(OCC)cc3)[C@H]3CCC12S3)c1ccc(OC)cc1. The first-order valence-corrected chi connectivity index (χ1v) is 16.9. The highest BCUT2D eigenvalue weighted by atomic mass is 32.2. The Bertz CT molecular complexity index is 1450. The third-order valence-corrected chi connectivity index (χ3v) is 11.5. The second kappa shape index (κ2) is 13.9. The van der Waals surface area contributed by atoms with Crippen LogP contribution in [0.2, 0.25) is 0 Å². The van der Waals surface area contributed by atoms with E-state index in [0.29, 0.717) is 42.3 Å². The number of benzene rings is 2. The molecule has 0 radical (unpaired) electrons. The summed E-state index contributed by atoms with van der Waals surface area (Å²) in [5.74, 6) is -0.717. The molecule has 2 unspecified atom stereocenters. The van der Waals surface area contributed by atoms with Gasteiger partial charge in [-0.05, 0) is 74.2 Å². The Labute approximate surface area is 276 Å². The van der Waals surface area contributed by atoms with E-state index in [-0.39, 0.29) is 48.6 Å². The fourth-order valence-corrected chi connectivity index (χ4v) is 9.70. The molecule has 10 heteroatoms. The van der Waals surface area contributed by atoms with Crippen molar-refractivity contribution >= 4 is 40.9 Å². The van der Waals surface area contributed by atoms with Crippen LogP contribution in [0.4, 0.5) is 11.4 Å². The van der Waals surface area contributed by atoms with Crippen LogP contribution in [-0.4, -0.2) is 83.2 Å². The summed E-state index contributed by atoms with van der Waals surface area (Å²) in [7, 11) is 1.58. The van der Waals surface area contributed by atoms with Gasteiger partial charge in [-0.1, -0.05) is 26.0 Å². The van der Waals surface area contributed by atoms with Crippen molar-refractivity contribution in [2.75, 3.05) is 43.2 Å². The Kier molecular flexibility index (Phi) is 10.2. The zero-order valence-electron chi connectivity index (χ0n) is 27.1. The minimum atomic E-state index is -0.863. The van der Waals surface area contributed by atoms with Gasteiger partial charge in [0.25, 0.3) is 5.91 Å². The van der Waals surface area contributed by atoms with Crippen molar-refractivity contribution in [1.82, 2.24) is 4.90 Å². The summed E-state index contributed by atoms with van der Waals surface area (Å²) in [4.78, 5) is 49.1. The molecule has 1 spiro atoms. The van der Waals surface area contributed by atoms with Gasteiger partial charge in [0.05, 0.1) is 42.9 Å². The van der Waals surface area contributed by atoms with Crippen molar-refractivity contribution in [2.24, 2.45) is 17.8 Å². The van der Waals surface area contributed by atoms with E-state index in [1.807, 2.05) is 57.2 Å². The van der Waals surface area contributed by atoms with Gasteiger partial charge in [-0.25, -0.2) is 0 Å². The number of rotatable bonds is 14. The van der Waals surface area contributed by atoms with Crippen LogP contribution in [0.1, 0.15) is 33.6 Å². The third-order valence-electron chi connectivity index (χ3n) is 9.57. The summed E-state index contributed by atoms with van der Waals surface area (Å²) < 4.78 is 10.1. The Balaban J connectivity index is 1.57. The maximum atomic E-state index is 14.9. The van der Waals surface area contributed by atoms with Crippen LogP contribution in [0.25, 0.3) is 0 Å². The molecule has 246 valence electrons.